The zero-order valence-electron chi connectivity index (χ0n) is 12.8. The van der Waals surface area contributed by atoms with E-state index in [4.69, 9.17) is 0 Å². The molecule has 2 rings (SSSR count). The van der Waals surface area contributed by atoms with Crippen LogP contribution in [0.5, 0.6) is 11.5 Å². The number of phenolic OH excluding ortho intramolecular Hbond substituents is 2. The van der Waals surface area contributed by atoms with Gasteiger partial charge in [0.25, 0.3) is 0 Å². The summed E-state index contributed by atoms with van der Waals surface area (Å²) in [6, 6.07) is 10.8. The summed E-state index contributed by atoms with van der Waals surface area (Å²) in [7, 11) is 0. The summed E-state index contributed by atoms with van der Waals surface area (Å²) < 4.78 is 0. The molecule has 22 heavy (non-hydrogen) atoms. The maximum atomic E-state index is 9.76. The van der Waals surface area contributed by atoms with Crippen molar-refractivity contribution in [1.29, 1.82) is 0 Å². The first-order chi connectivity index (χ1) is 10.6. The maximum absolute atomic E-state index is 9.76. The van der Waals surface area contributed by atoms with E-state index >= 15 is 0 Å². The quantitative estimate of drug-likeness (QED) is 0.657. The molecule has 114 valence electrons. The average molecular weight is 296 g/mol. The molecule has 0 fully saturated rings. The fraction of sp³-hybridized carbons (Fsp3) is 0.222. The summed E-state index contributed by atoms with van der Waals surface area (Å²) in [6.45, 7) is 4.91. The van der Waals surface area contributed by atoms with Gasteiger partial charge in [0.1, 0.15) is 11.5 Å². The average Bonchev–Trinajstić information content (AvgIpc) is 2.47. The lowest BCUT2D eigenvalue weighted by atomic mass is 10.1. The Bertz CT molecular complexity index is 604. The highest BCUT2D eigenvalue weighted by molar-refractivity contribution is 5.86. The molecule has 0 aromatic heterocycles. The predicted molar refractivity (Wildman–Crippen MR) is 90.6 cm³/mol. The smallest absolute Gasteiger partial charge is 0.124 e. The lowest BCUT2D eigenvalue weighted by molar-refractivity contribution is 0.473. The second-order valence-electron chi connectivity index (χ2n) is 5.09. The van der Waals surface area contributed by atoms with E-state index in [0.717, 1.165) is 22.3 Å². The molecule has 0 aliphatic carbocycles. The molecule has 0 bridgehead atoms. The van der Waals surface area contributed by atoms with Crippen molar-refractivity contribution in [3.05, 3.63) is 58.7 Å². The summed E-state index contributed by atoms with van der Waals surface area (Å²) in [5, 5.41) is 19.5. The molecule has 0 unspecified atom stereocenters. The van der Waals surface area contributed by atoms with Gasteiger partial charge in [0.05, 0.1) is 13.1 Å². The predicted octanol–water partition coefficient (Wildman–Crippen LogP) is 3.25. The minimum Gasteiger partial charge on any atom is -0.507 e. The molecule has 2 aromatic carbocycles. The highest BCUT2D eigenvalue weighted by atomic mass is 16.3. The molecule has 0 amide bonds. The normalized spacial score (nSPS) is 11.5. The van der Waals surface area contributed by atoms with Crippen LogP contribution in [-0.4, -0.2) is 35.7 Å². The van der Waals surface area contributed by atoms with E-state index < -0.39 is 0 Å². The number of hydrogen-bond donors (Lipinski definition) is 2. The van der Waals surface area contributed by atoms with E-state index in [1.807, 2.05) is 26.0 Å². The molecule has 0 aliphatic rings. The summed E-state index contributed by atoms with van der Waals surface area (Å²) in [5.41, 5.74) is 3.44. The molecule has 4 nitrogen and oxygen atoms in total. The first-order valence-electron chi connectivity index (χ1n) is 7.16. The van der Waals surface area contributed by atoms with E-state index in [1.165, 1.54) is 0 Å². The highest BCUT2D eigenvalue weighted by Crippen LogP contribution is 2.18. The molecule has 0 saturated heterocycles. The Hall–Kier alpha value is -2.62. The standard InChI is InChI=1S/C18H20N2O2/c1-13-5-3-7-17(21)15(13)11-19-9-10-20-12-16-14(2)6-4-8-18(16)22/h3-8,11-12,21-22H,9-10H2,1-2H3. The van der Waals surface area contributed by atoms with Gasteiger partial charge in [-0.2, -0.15) is 0 Å². The van der Waals surface area contributed by atoms with Crippen molar-refractivity contribution in [2.75, 3.05) is 13.1 Å². The van der Waals surface area contributed by atoms with E-state index in [1.54, 1.807) is 36.7 Å². The van der Waals surface area contributed by atoms with Crippen LogP contribution in [0.25, 0.3) is 0 Å². The van der Waals surface area contributed by atoms with Gasteiger partial charge >= 0.3 is 0 Å². The maximum Gasteiger partial charge on any atom is 0.124 e. The van der Waals surface area contributed by atoms with Gasteiger partial charge in [-0.05, 0) is 37.1 Å². The molecule has 0 aliphatic heterocycles. The highest BCUT2D eigenvalue weighted by Gasteiger charge is 2.01. The van der Waals surface area contributed by atoms with E-state index in [2.05, 4.69) is 9.98 Å². The minimum atomic E-state index is 0.233. The summed E-state index contributed by atoms with van der Waals surface area (Å²) >= 11 is 0. The van der Waals surface area contributed by atoms with E-state index in [0.29, 0.717) is 13.1 Å². The summed E-state index contributed by atoms with van der Waals surface area (Å²) in [6.07, 6.45) is 3.34. The van der Waals surface area contributed by atoms with Crippen LogP contribution in [0.15, 0.2) is 46.4 Å². The molecular weight excluding hydrogens is 276 g/mol. The van der Waals surface area contributed by atoms with Crippen molar-refractivity contribution >= 4 is 12.4 Å². The van der Waals surface area contributed by atoms with Gasteiger partial charge in [-0.3, -0.25) is 9.98 Å². The van der Waals surface area contributed by atoms with Crippen LogP contribution in [0.2, 0.25) is 0 Å². The molecule has 2 aromatic rings. The zero-order valence-corrected chi connectivity index (χ0v) is 12.8. The van der Waals surface area contributed by atoms with Crippen LogP contribution >= 0.6 is 0 Å². The summed E-state index contributed by atoms with van der Waals surface area (Å²) in [5.74, 6) is 0.467. The Morgan fingerprint density at radius 1 is 0.773 bits per heavy atom. The van der Waals surface area contributed by atoms with Gasteiger partial charge in [-0.15, -0.1) is 0 Å². The van der Waals surface area contributed by atoms with Gasteiger partial charge in [0.15, 0.2) is 0 Å². The molecule has 4 heteroatoms. The first kappa shape index (κ1) is 15.8. The SMILES string of the molecule is Cc1cccc(O)c1C=NCCN=Cc1c(C)cccc1O. The Morgan fingerprint density at radius 3 is 1.55 bits per heavy atom. The van der Waals surface area contributed by atoms with Crippen LogP contribution in [-0.2, 0) is 0 Å². The molecule has 0 heterocycles. The topological polar surface area (TPSA) is 65.2 Å². The van der Waals surface area contributed by atoms with Crippen LogP contribution in [0.3, 0.4) is 0 Å². The van der Waals surface area contributed by atoms with Gasteiger partial charge in [-0.1, -0.05) is 24.3 Å². The van der Waals surface area contributed by atoms with Crippen LogP contribution in [0, 0.1) is 13.8 Å². The molecule has 0 atom stereocenters. The Balaban J connectivity index is 1.92. The minimum absolute atomic E-state index is 0.233. The second kappa shape index (κ2) is 7.41. The molecule has 2 N–H and O–H groups in total. The van der Waals surface area contributed by atoms with Crippen molar-refractivity contribution in [2.45, 2.75) is 13.8 Å². The fourth-order valence-electron chi connectivity index (χ4n) is 2.09. The third kappa shape index (κ3) is 3.95. The van der Waals surface area contributed by atoms with Crippen molar-refractivity contribution in [2.24, 2.45) is 9.98 Å². The number of aromatic hydroxyl groups is 2. The zero-order chi connectivity index (χ0) is 15.9. The lowest BCUT2D eigenvalue weighted by Gasteiger charge is -2.02. The lowest BCUT2D eigenvalue weighted by Crippen LogP contribution is -1.93. The van der Waals surface area contributed by atoms with Gasteiger partial charge in [-0.25, -0.2) is 0 Å². The van der Waals surface area contributed by atoms with Crippen molar-refractivity contribution in [3.63, 3.8) is 0 Å². The van der Waals surface area contributed by atoms with E-state index in [9.17, 15) is 10.2 Å². The van der Waals surface area contributed by atoms with Gasteiger partial charge < -0.3 is 10.2 Å². The number of aryl methyl sites for hydroxylation is 2. The number of hydrogen-bond acceptors (Lipinski definition) is 4. The van der Waals surface area contributed by atoms with Crippen LogP contribution < -0.4 is 0 Å². The molecule has 0 saturated carbocycles. The number of aliphatic imine (C=N–C) groups is 2. The largest absolute Gasteiger partial charge is 0.507 e. The first-order valence-corrected chi connectivity index (χ1v) is 7.16. The molecule has 0 radical (unpaired) electrons. The Morgan fingerprint density at radius 2 is 1.18 bits per heavy atom. The van der Waals surface area contributed by atoms with Crippen LogP contribution in [0.4, 0.5) is 0 Å². The van der Waals surface area contributed by atoms with Gasteiger partial charge in [0.2, 0.25) is 0 Å². The van der Waals surface area contributed by atoms with Crippen molar-refractivity contribution in [3.8, 4) is 11.5 Å². The fourth-order valence-corrected chi connectivity index (χ4v) is 2.09. The third-order valence-electron chi connectivity index (χ3n) is 3.40. The number of benzene rings is 2. The number of nitrogens with zero attached hydrogens (tertiary/aromatic N) is 2. The Kier molecular flexibility index (Phi) is 5.31. The molecular formula is C18H20N2O2. The Labute approximate surface area is 130 Å². The van der Waals surface area contributed by atoms with Gasteiger partial charge in [0, 0.05) is 23.6 Å². The molecule has 0 spiro atoms. The third-order valence-corrected chi connectivity index (χ3v) is 3.40. The number of rotatable bonds is 5. The van der Waals surface area contributed by atoms with E-state index in [-0.39, 0.29) is 11.5 Å². The van der Waals surface area contributed by atoms with Crippen LogP contribution in [0.1, 0.15) is 22.3 Å². The second-order valence-corrected chi connectivity index (χ2v) is 5.09. The monoisotopic (exact) mass is 296 g/mol. The number of phenols is 2. The van der Waals surface area contributed by atoms with Crippen molar-refractivity contribution in [1.82, 2.24) is 0 Å². The summed E-state index contributed by atoms with van der Waals surface area (Å²) in [4.78, 5) is 8.56. The van der Waals surface area contributed by atoms with Crippen molar-refractivity contribution < 1.29 is 10.2 Å².